The topological polar surface area (TPSA) is 67.5 Å². The van der Waals surface area contributed by atoms with E-state index in [-0.39, 0.29) is 6.54 Å². The van der Waals surface area contributed by atoms with Crippen LogP contribution in [0.3, 0.4) is 0 Å². The van der Waals surface area contributed by atoms with Crippen LogP contribution in [0.1, 0.15) is 13.3 Å². The number of halogens is 2. The predicted molar refractivity (Wildman–Crippen MR) is 67.1 cm³/mol. The highest BCUT2D eigenvalue weighted by atomic mass is 19.3. The minimum absolute atomic E-state index is 0.265. The van der Waals surface area contributed by atoms with E-state index in [4.69, 9.17) is 15.6 Å². The normalized spacial score (nSPS) is 12.5. The maximum Gasteiger partial charge on any atom is 0.265 e. The fourth-order valence-electron chi connectivity index (χ4n) is 1.34. The molecule has 1 aromatic rings. The van der Waals surface area contributed by atoms with E-state index in [1.807, 2.05) is 6.92 Å². The number of nitrogens with two attached hydrogens (primary N) is 1. The van der Waals surface area contributed by atoms with Gasteiger partial charge in [0.15, 0.2) is 0 Å². The lowest BCUT2D eigenvalue weighted by molar-refractivity contribution is 0.00385. The summed E-state index contributed by atoms with van der Waals surface area (Å²) in [4.78, 5) is 0. The molecule has 0 saturated heterocycles. The molecule has 102 valence electrons. The molecule has 0 aromatic heterocycles. The first kappa shape index (κ1) is 14.5. The number of nitrogens with one attached hydrogen (secondary N) is 1. The van der Waals surface area contributed by atoms with Crippen molar-refractivity contribution in [3.63, 3.8) is 0 Å². The summed E-state index contributed by atoms with van der Waals surface area (Å²) >= 11 is 0. The summed E-state index contributed by atoms with van der Waals surface area (Å²) in [5.41, 5.74) is 6.66. The van der Waals surface area contributed by atoms with Gasteiger partial charge in [0.05, 0.1) is 18.0 Å². The molecule has 4 N–H and O–H groups in total. The predicted octanol–water partition coefficient (Wildman–Crippen LogP) is 2.10. The Kier molecular flexibility index (Phi) is 5.64. The van der Waals surface area contributed by atoms with Gasteiger partial charge in [-0.05, 0) is 18.6 Å². The second-order valence-corrected chi connectivity index (χ2v) is 3.85. The highest BCUT2D eigenvalue weighted by Crippen LogP contribution is 2.29. The SMILES string of the molecule is CCCOc1cccc(NCC(O)C(F)F)c1N. The van der Waals surface area contributed by atoms with E-state index >= 15 is 0 Å². The van der Waals surface area contributed by atoms with E-state index in [0.717, 1.165) is 6.42 Å². The molecule has 4 nitrogen and oxygen atoms in total. The Bertz CT molecular complexity index is 375. The average Bonchev–Trinajstić information content (AvgIpc) is 2.35. The molecule has 0 spiro atoms. The van der Waals surface area contributed by atoms with Crippen LogP contribution in [0.5, 0.6) is 5.75 Å². The molecule has 0 bridgehead atoms. The van der Waals surface area contributed by atoms with E-state index in [1.165, 1.54) is 0 Å². The zero-order chi connectivity index (χ0) is 13.5. The minimum atomic E-state index is -2.78. The van der Waals surface area contributed by atoms with E-state index in [9.17, 15) is 8.78 Å². The number of hydrogen-bond acceptors (Lipinski definition) is 4. The number of nitrogen functional groups attached to an aromatic ring is 1. The molecule has 1 unspecified atom stereocenters. The largest absolute Gasteiger partial charge is 0.491 e. The van der Waals surface area contributed by atoms with E-state index in [0.29, 0.717) is 23.7 Å². The number of rotatable bonds is 7. The van der Waals surface area contributed by atoms with Crippen molar-refractivity contribution in [2.75, 3.05) is 24.2 Å². The molecular formula is C12H18F2N2O2. The number of ether oxygens (including phenoxy) is 1. The Morgan fingerprint density at radius 2 is 2.17 bits per heavy atom. The number of aliphatic hydroxyl groups excluding tert-OH is 1. The molecule has 1 aromatic carbocycles. The minimum Gasteiger partial charge on any atom is -0.491 e. The Morgan fingerprint density at radius 3 is 2.78 bits per heavy atom. The number of hydrogen-bond donors (Lipinski definition) is 3. The standard InChI is InChI=1S/C12H18F2N2O2/c1-2-6-18-10-5-3-4-8(11(10)15)16-7-9(17)12(13)14/h3-5,9,12,16-17H,2,6-7,15H2,1H3. The summed E-state index contributed by atoms with van der Waals surface area (Å²) in [6.45, 7) is 2.24. The Morgan fingerprint density at radius 1 is 1.44 bits per heavy atom. The summed E-state index contributed by atoms with van der Waals surface area (Å²) in [5.74, 6) is 0.508. The zero-order valence-corrected chi connectivity index (χ0v) is 10.2. The van der Waals surface area contributed by atoms with Gasteiger partial charge in [-0.2, -0.15) is 0 Å². The van der Waals surface area contributed by atoms with Gasteiger partial charge in [0, 0.05) is 6.54 Å². The molecule has 0 amide bonds. The molecule has 0 radical (unpaired) electrons. The van der Waals surface area contributed by atoms with Crippen LogP contribution in [0.2, 0.25) is 0 Å². The molecule has 1 atom stereocenters. The molecule has 0 aliphatic heterocycles. The van der Waals surface area contributed by atoms with Gasteiger partial charge >= 0.3 is 0 Å². The van der Waals surface area contributed by atoms with Gasteiger partial charge in [0.1, 0.15) is 11.9 Å². The van der Waals surface area contributed by atoms with Crippen LogP contribution in [0.4, 0.5) is 20.2 Å². The monoisotopic (exact) mass is 260 g/mol. The molecule has 0 saturated carbocycles. The molecule has 0 heterocycles. The summed E-state index contributed by atoms with van der Waals surface area (Å²) in [6, 6.07) is 5.06. The zero-order valence-electron chi connectivity index (χ0n) is 10.2. The number of benzene rings is 1. The lowest BCUT2D eigenvalue weighted by Crippen LogP contribution is -2.27. The molecular weight excluding hydrogens is 242 g/mol. The third-order valence-corrected chi connectivity index (χ3v) is 2.32. The summed E-state index contributed by atoms with van der Waals surface area (Å²) in [7, 11) is 0. The highest BCUT2D eigenvalue weighted by Gasteiger charge is 2.16. The summed E-state index contributed by atoms with van der Waals surface area (Å²) in [5, 5.41) is 11.7. The van der Waals surface area contributed by atoms with Crippen LogP contribution >= 0.6 is 0 Å². The van der Waals surface area contributed by atoms with Gasteiger partial charge in [-0.25, -0.2) is 8.78 Å². The van der Waals surface area contributed by atoms with Crippen molar-refractivity contribution in [1.82, 2.24) is 0 Å². The Hall–Kier alpha value is -1.56. The highest BCUT2D eigenvalue weighted by molar-refractivity contribution is 5.72. The number of alkyl halides is 2. The van der Waals surface area contributed by atoms with Gasteiger partial charge in [-0.15, -0.1) is 0 Å². The second-order valence-electron chi connectivity index (χ2n) is 3.85. The molecule has 6 heteroatoms. The first-order chi connectivity index (χ1) is 8.56. The molecule has 0 fully saturated rings. The maximum absolute atomic E-state index is 12.1. The molecule has 0 aliphatic carbocycles. The van der Waals surface area contributed by atoms with Gasteiger partial charge in [-0.3, -0.25) is 0 Å². The second kappa shape index (κ2) is 7.00. The van der Waals surface area contributed by atoms with Crippen molar-refractivity contribution in [2.24, 2.45) is 0 Å². The van der Waals surface area contributed by atoms with Crippen LogP contribution < -0.4 is 15.8 Å². The quantitative estimate of drug-likeness (QED) is 0.657. The van der Waals surface area contributed by atoms with Crippen molar-refractivity contribution < 1.29 is 18.6 Å². The Balaban J connectivity index is 2.65. The third-order valence-electron chi connectivity index (χ3n) is 2.32. The maximum atomic E-state index is 12.1. The number of anilines is 2. The fraction of sp³-hybridized carbons (Fsp3) is 0.500. The van der Waals surface area contributed by atoms with E-state index in [1.54, 1.807) is 18.2 Å². The summed E-state index contributed by atoms with van der Waals surface area (Å²) in [6.07, 6.45) is -3.65. The van der Waals surface area contributed by atoms with Crippen LogP contribution in [-0.2, 0) is 0 Å². The van der Waals surface area contributed by atoms with Crippen LogP contribution in [0, 0.1) is 0 Å². The number of aliphatic hydroxyl groups is 1. The van der Waals surface area contributed by atoms with Crippen molar-refractivity contribution in [3.05, 3.63) is 18.2 Å². The van der Waals surface area contributed by atoms with E-state index < -0.39 is 12.5 Å². The van der Waals surface area contributed by atoms with Gasteiger partial charge in [0.2, 0.25) is 0 Å². The van der Waals surface area contributed by atoms with Gasteiger partial charge < -0.3 is 20.9 Å². The molecule has 0 aliphatic rings. The van der Waals surface area contributed by atoms with Crippen LogP contribution in [0.15, 0.2) is 18.2 Å². The van der Waals surface area contributed by atoms with Crippen molar-refractivity contribution in [3.8, 4) is 5.75 Å². The lowest BCUT2D eigenvalue weighted by atomic mass is 10.2. The fourth-order valence-corrected chi connectivity index (χ4v) is 1.34. The summed E-state index contributed by atoms with van der Waals surface area (Å²) < 4.78 is 29.7. The van der Waals surface area contributed by atoms with Crippen LogP contribution in [0.25, 0.3) is 0 Å². The molecule has 18 heavy (non-hydrogen) atoms. The lowest BCUT2D eigenvalue weighted by Gasteiger charge is -2.15. The van der Waals surface area contributed by atoms with Crippen LogP contribution in [-0.4, -0.2) is 30.8 Å². The van der Waals surface area contributed by atoms with E-state index in [2.05, 4.69) is 5.32 Å². The molecule has 1 rings (SSSR count). The third kappa shape index (κ3) is 4.03. The van der Waals surface area contributed by atoms with Gasteiger partial charge in [0.25, 0.3) is 6.43 Å². The van der Waals surface area contributed by atoms with Crippen molar-refractivity contribution in [1.29, 1.82) is 0 Å². The Labute approximate surface area is 105 Å². The first-order valence-electron chi connectivity index (χ1n) is 5.77. The van der Waals surface area contributed by atoms with Crippen molar-refractivity contribution >= 4 is 11.4 Å². The smallest absolute Gasteiger partial charge is 0.265 e. The number of para-hydroxylation sites is 1. The first-order valence-corrected chi connectivity index (χ1v) is 5.77. The van der Waals surface area contributed by atoms with Gasteiger partial charge in [-0.1, -0.05) is 13.0 Å². The van der Waals surface area contributed by atoms with Crippen molar-refractivity contribution in [2.45, 2.75) is 25.9 Å². The average molecular weight is 260 g/mol.